The van der Waals surface area contributed by atoms with Gasteiger partial charge < -0.3 is 14.9 Å². The normalized spacial score (nSPS) is 11.0. The summed E-state index contributed by atoms with van der Waals surface area (Å²) in [4.78, 5) is 4.50. The van der Waals surface area contributed by atoms with Gasteiger partial charge in [0.05, 0.1) is 6.61 Å². The molecule has 0 saturated heterocycles. The van der Waals surface area contributed by atoms with E-state index in [1.165, 1.54) is 0 Å². The van der Waals surface area contributed by atoms with Gasteiger partial charge in [-0.05, 0) is 38.2 Å². The Morgan fingerprint density at radius 1 is 1.17 bits per heavy atom. The number of nitrogens with zero attached hydrogens (tertiary/aromatic N) is 2. The van der Waals surface area contributed by atoms with Crippen LogP contribution in [0.5, 0.6) is 0 Å². The first-order valence-corrected chi connectivity index (χ1v) is 6.75. The maximum atomic E-state index is 9.12. The van der Waals surface area contributed by atoms with Crippen molar-refractivity contribution in [2.75, 3.05) is 38.6 Å². The van der Waals surface area contributed by atoms with Crippen LogP contribution in [-0.4, -0.2) is 43.7 Å². The minimum absolute atomic E-state index is 0.00934. The lowest BCUT2D eigenvalue weighted by Gasteiger charge is -2.26. The van der Waals surface area contributed by atoms with Gasteiger partial charge in [0.25, 0.3) is 0 Å². The number of aliphatic hydroxyl groups excluding tert-OH is 1. The maximum absolute atomic E-state index is 9.12. The molecule has 0 saturated carbocycles. The number of anilines is 1. The summed E-state index contributed by atoms with van der Waals surface area (Å²) in [5.74, 6) is 0. The standard InChI is InChI=1S/C14H23ClN2O/c1-4-7-17(9-8-16(2)3)13-6-5-12(11-18)14(15)10-13/h5-6,10,18H,4,7-9,11H2,1-3H3. The zero-order valence-electron chi connectivity index (χ0n) is 11.5. The fourth-order valence-corrected chi connectivity index (χ4v) is 2.06. The van der Waals surface area contributed by atoms with E-state index in [0.717, 1.165) is 37.3 Å². The van der Waals surface area contributed by atoms with Crippen molar-refractivity contribution >= 4 is 17.3 Å². The van der Waals surface area contributed by atoms with Gasteiger partial charge in [-0.1, -0.05) is 24.6 Å². The lowest BCUT2D eigenvalue weighted by atomic mass is 10.2. The fourth-order valence-electron chi connectivity index (χ4n) is 1.82. The summed E-state index contributed by atoms with van der Waals surface area (Å²) in [6.07, 6.45) is 1.10. The van der Waals surface area contributed by atoms with Crippen molar-refractivity contribution in [1.29, 1.82) is 0 Å². The summed E-state index contributed by atoms with van der Waals surface area (Å²) in [7, 11) is 4.15. The van der Waals surface area contributed by atoms with E-state index in [1.807, 2.05) is 18.2 Å². The van der Waals surface area contributed by atoms with E-state index in [2.05, 4.69) is 30.8 Å². The highest BCUT2D eigenvalue weighted by Crippen LogP contribution is 2.24. The number of hydrogen-bond acceptors (Lipinski definition) is 3. The molecular formula is C14H23ClN2O. The van der Waals surface area contributed by atoms with Gasteiger partial charge in [0.1, 0.15) is 0 Å². The van der Waals surface area contributed by atoms with E-state index in [0.29, 0.717) is 5.02 Å². The van der Waals surface area contributed by atoms with Gasteiger partial charge in [-0.25, -0.2) is 0 Å². The van der Waals surface area contributed by atoms with Crippen LogP contribution in [0.2, 0.25) is 5.02 Å². The maximum Gasteiger partial charge on any atom is 0.0696 e. The van der Waals surface area contributed by atoms with Crippen LogP contribution in [0.15, 0.2) is 18.2 Å². The summed E-state index contributed by atoms with van der Waals surface area (Å²) in [5.41, 5.74) is 1.91. The number of rotatable bonds is 7. The minimum atomic E-state index is -0.00934. The molecule has 1 N–H and O–H groups in total. The van der Waals surface area contributed by atoms with E-state index in [4.69, 9.17) is 16.7 Å². The van der Waals surface area contributed by atoms with E-state index >= 15 is 0 Å². The van der Waals surface area contributed by atoms with Crippen LogP contribution >= 0.6 is 11.6 Å². The molecule has 0 bridgehead atoms. The number of halogens is 1. The first kappa shape index (κ1) is 15.3. The molecule has 102 valence electrons. The van der Waals surface area contributed by atoms with Crippen LogP contribution in [0, 0.1) is 0 Å². The van der Waals surface area contributed by atoms with Crippen LogP contribution in [0.4, 0.5) is 5.69 Å². The molecule has 0 aliphatic heterocycles. The van der Waals surface area contributed by atoms with Crippen LogP contribution < -0.4 is 4.90 Å². The quantitative estimate of drug-likeness (QED) is 0.825. The predicted molar refractivity (Wildman–Crippen MR) is 78.4 cm³/mol. The molecule has 0 fully saturated rings. The van der Waals surface area contributed by atoms with Crippen molar-refractivity contribution in [1.82, 2.24) is 4.90 Å². The van der Waals surface area contributed by atoms with Crippen LogP contribution in [0.3, 0.4) is 0 Å². The average molecular weight is 271 g/mol. The molecule has 0 radical (unpaired) electrons. The molecule has 0 heterocycles. The van der Waals surface area contributed by atoms with Crippen LogP contribution in [0.1, 0.15) is 18.9 Å². The zero-order valence-corrected chi connectivity index (χ0v) is 12.2. The second-order valence-corrected chi connectivity index (χ2v) is 5.13. The lowest BCUT2D eigenvalue weighted by Crippen LogP contribution is -2.32. The lowest BCUT2D eigenvalue weighted by molar-refractivity contribution is 0.282. The number of benzene rings is 1. The molecule has 18 heavy (non-hydrogen) atoms. The van der Waals surface area contributed by atoms with Crippen molar-refractivity contribution in [2.45, 2.75) is 20.0 Å². The first-order chi connectivity index (χ1) is 8.58. The first-order valence-electron chi connectivity index (χ1n) is 6.37. The van der Waals surface area contributed by atoms with Gasteiger partial charge in [0, 0.05) is 30.3 Å². The second-order valence-electron chi connectivity index (χ2n) is 4.72. The van der Waals surface area contributed by atoms with Gasteiger partial charge >= 0.3 is 0 Å². The SMILES string of the molecule is CCCN(CCN(C)C)c1ccc(CO)c(Cl)c1. The Kier molecular flexibility index (Phi) is 6.47. The van der Waals surface area contributed by atoms with Gasteiger partial charge in [-0.2, -0.15) is 0 Å². The molecule has 1 rings (SSSR count). The molecule has 0 aromatic heterocycles. The molecule has 1 aromatic carbocycles. The summed E-state index contributed by atoms with van der Waals surface area (Å²) in [6.45, 7) is 5.18. The van der Waals surface area contributed by atoms with E-state index in [1.54, 1.807) is 0 Å². The number of aliphatic hydroxyl groups is 1. The van der Waals surface area contributed by atoms with Crippen molar-refractivity contribution in [3.8, 4) is 0 Å². The highest BCUT2D eigenvalue weighted by molar-refractivity contribution is 6.31. The molecular weight excluding hydrogens is 248 g/mol. The summed E-state index contributed by atoms with van der Waals surface area (Å²) in [5, 5.41) is 9.76. The molecule has 0 unspecified atom stereocenters. The van der Waals surface area contributed by atoms with Crippen molar-refractivity contribution in [2.24, 2.45) is 0 Å². The molecule has 0 aliphatic rings. The van der Waals surface area contributed by atoms with E-state index < -0.39 is 0 Å². The largest absolute Gasteiger partial charge is 0.392 e. The Balaban J connectivity index is 2.81. The van der Waals surface area contributed by atoms with E-state index in [9.17, 15) is 0 Å². The zero-order chi connectivity index (χ0) is 13.5. The van der Waals surface area contributed by atoms with Gasteiger partial charge in [0.15, 0.2) is 0 Å². The minimum Gasteiger partial charge on any atom is -0.392 e. The van der Waals surface area contributed by atoms with Crippen molar-refractivity contribution in [3.05, 3.63) is 28.8 Å². The van der Waals surface area contributed by atoms with Crippen LogP contribution in [0.25, 0.3) is 0 Å². The Bertz CT molecular complexity index is 369. The average Bonchev–Trinajstić information content (AvgIpc) is 2.34. The highest BCUT2D eigenvalue weighted by Gasteiger charge is 2.08. The summed E-state index contributed by atoms with van der Waals surface area (Å²) < 4.78 is 0. The Labute approximate surface area is 115 Å². The number of hydrogen-bond donors (Lipinski definition) is 1. The second kappa shape index (κ2) is 7.62. The third-order valence-electron chi connectivity index (χ3n) is 2.88. The van der Waals surface area contributed by atoms with Gasteiger partial charge in [-0.3, -0.25) is 0 Å². The van der Waals surface area contributed by atoms with Crippen molar-refractivity contribution in [3.63, 3.8) is 0 Å². The Hall–Kier alpha value is -0.770. The Morgan fingerprint density at radius 2 is 1.89 bits per heavy atom. The molecule has 0 aliphatic carbocycles. The molecule has 0 amide bonds. The predicted octanol–water partition coefficient (Wildman–Crippen LogP) is 2.61. The topological polar surface area (TPSA) is 26.7 Å². The van der Waals surface area contributed by atoms with E-state index in [-0.39, 0.29) is 6.61 Å². The monoisotopic (exact) mass is 270 g/mol. The molecule has 3 nitrogen and oxygen atoms in total. The third-order valence-corrected chi connectivity index (χ3v) is 3.23. The summed E-state index contributed by atoms with van der Waals surface area (Å²) in [6, 6.07) is 5.87. The number of likely N-dealkylation sites (N-methyl/N-ethyl adjacent to an activating group) is 1. The molecule has 0 spiro atoms. The smallest absolute Gasteiger partial charge is 0.0696 e. The molecule has 4 heteroatoms. The molecule has 1 aromatic rings. The van der Waals surface area contributed by atoms with Gasteiger partial charge in [-0.15, -0.1) is 0 Å². The van der Waals surface area contributed by atoms with Gasteiger partial charge in [0.2, 0.25) is 0 Å². The Morgan fingerprint density at radius 3 is 2.39 bits per heavy atom. The fraction of sp³-hybridized carbons (Fsp3) is 0.571. The molecule has 0 atom stereocenters. The van der Waals surface area contributed by atoms with Crippen LogP contribution in [-0.2, 0) is 6.61 Å². The summed E-state index contributed by atoms with van der Waals surface area (Å²) >= 11 is 6.14. The van der Waals surface area contributed by atoms with Crippen molar-refractivity contribution < 1.29 is 5.11 Å². The highest BCUT2D eigenvalue weighted by atomic mass is 35.5. The third kappa shape index (κ3) is 4.48.